The lowest BCUT2D eigenvalue weighted by molar-refractivity contribution is -0.387. The number of carbonyl (C=O) groups excluding carboxylic acids is 1. The van der Waals surface area contributed by atoms with E-state index in [0.717, 1.165) is 23.8 Å². The average molecular weight is 302 g/mol. The number of hydrogen-bond donors (Lipinski definition) is 1. The average Bonchev–Trinajstić information content (AvgIpc) is 2.52. The molecule has 0 aliphatic carbocycles. The Morgan fingerprint density at radius 3 is 2.48 bits per heavy atom. The fourth-order valence-corrected chi connectivity index (χ4v) is 2.63. The lowest BCUT2D eigenvalue weighted by Crippen LogP contribution is -2.27. The Kier molecular flexibility index (Phi) is 5.48. The highest BCUT2D eigenvalue weighted by Crippen LogP contribution is 2.26. The highest BCUT2D eigenvalue weighted by molar-refractivity contribution is 7.97. The number of para-hydroxylation sites is 1. The number of rotatable bonds is 7. The largest absolute Gasteiger partial charge is 0.302 e. The summed E-state index contributed by atoms with van der Waals surface area (Å²) in [7, 11) is 0. The van der Waals surface area contributed by atoms with Crippen molar-refractivity contribution in [3.8, 4) is 0 Å². The first-order chi connectivity index (χ1) is 10.2. The number of benzene rings is 2. The number of nitro groups is 1. The lowest BCUT2D eigenvalue weighted by Gasteiger charge is -2.12. The Morgan fingerprint density at radius 1 is 1.14 bits per heavy atom. The van der Waals surface area contributed by atoms with E-state index < -0.39 is 11.0 Å². The zero-order valence-corrected chi connectivity index (χ0v) is 12.0. The van der Waals surface area contributed by atoms with Crippen molar-refractivity contribution in [2.24, 2.45) is 0 Å². The van der Waals surface area contributed by atoms with Crippen molar-refractivity contribution in [2.75, 3.05) is 0 Å². The van der Waals surface area contributed by atoms with Crippen LogP contribution in [0.4, 0.5) is 5.69 Å². The monoisotopic (exact) mass is 302 g/mol. The Balaban J connectivity index is 2.01. The number of nitrogens with one attached hydrogen (secondary N) is 1. The molecule has 2 aromatic rings. The van der Waals surface area contributed by atoms with Crippen LogP contribution in [-0.4, -0.2) is 17.3 Å². The van der Waals surface area contributed by atoms with E-state index in [-0.39, 0.29) is 5.69 Å². The molecule has 0 aliphatic rings. The predicted molar refractivity (Wildman–Crippen MR) is 82.1 cm³/mol. The lowest BCUT2D eigenvalue weighted by atomic mass is 10.1. The van der Waals surface area contributed by atoms with Gasteiger partial charge in [0.25, 0.3) is 5.69 Å². The Bertz CT molecular complexity index is 619. The number of aldehydes is 1. The summed E-state index contributed by atoms with van der Waals surface area (Å²) < 4.78 is 2.97. The van der Waals surface area contributed by atoms with E-state index in [9.17, 15) is 14.9 Å². The van der Waals surface area contributed by atoms with Crippen LogP contribution >= 0.6 is 11.9 Å². The number of nitro benzene ring substituents is 1. The van der Waals surface area contributed by atoms with Crippen LogP contribution in [0.3, 0.4) is 0 Å². The molecule has 0 radical (unpaired) electrons. The molecule has 1 N–H and O–H groups in total. The molecule has 1 unspecified atom stereocenters. The molecule has 0 spiro atoms. The SMILES string of the molecule is O=CC(Cc1ccccc1)NSc1ccccc1[N+](=O)[O-]. The summed E-state index contributed by atoms with van der Waals surface area (Å²) in [6.45, 7) is 0. The molecule has 108 valence electrons. The van der Waals surface area contributed by atoms with Crippen molar-refractivity contribution in [3.63, 3.8) is 0 Å². The minimum absolute atomic E-state index is 0.0272. The van der Waals surface area contributed by atoms with Crippen molar-refractivity contribution >= 4 is 23.9 Å². The Morgan fingerprint density at radius 2 is 1.81 bits per heavy atom. The van der Waals surface area contributed by atoms with Gasteiger partial charge in [-0.3, -0.25) is 10.1 Å². The van der Waals surface area contributed by atoms with Crippen molar-refractivity contribution in [3.05, 3.63) is 70.3 Å². The van der Waals surface area contributed by atoms with Crippen LogP contribution in [0.2, 0.25) is 0 Å². The topological polar surface area (TPSA) is 72.2 Å². The first-order valence-electron chi connectivity index (χ1n) is 6.35. The molecule has 5 nitrogen and oxygen atoms in total. The summed E-state index contributed by atoms with van der Waals surface area (Å²) in [5.74, 6) is 0. The summed E-state index contributed by atoms with van der Waals surface area (Å²) >= 11 is 1.10. The summed E-state index contributed by atoms with van der Waals surface area (Å²) in [5, 5.41) is 10.9. The predicted octanol–water partition coefficient (Wildman–Crippen LogP) is 3.00. The Labute approximate surface area is 126 Å². The maximum Gasteiger partial charge on any atom is 0.284 e. The summed E-state index contributed by atoms with van der Waals surface area (Å²) in [6, 6.07) is 15.6. The zero-order chi connectivity index (χ0) is 15.1. The second-order valence-corrected chi connectivity index (χ2v) is 5.26. The van der Waals surface area contributed by atoms with Crippen molar-refractivity contribution in [1.29, 1.82) is 0 Å². The zero-order valence-electron chi connectivity index (χ0n) is 11.1. The minimum atomic E-state index is -0.433. The maximum atomic E-state index is 11.1. The van der Waals surface area contributed by atoms with Crippen molar-refractivity contribution in [2.45, 2.75) is 17.4 Å². The van der Waals surface area contributed by atoms with Crippen LogP contribution in [0, 0.1) is 10.1 Å². The molecule has 0 fully saturated rings. The van der Waals surface area contributed by atoms with Gasteiger partial charge in [0.2, 0.25) is 0 Å². The number of carbonyl (C=O) groups is 1. The molecule has 2 rings (SSSR count). The maximum absolute atomic E-state index is 11.1. The molecule has 0 bridgehead atoms. The van der Waals surface area contributed by atoms with Gasteiger partial charge < -0.3 is 4.79 Å². The van der Waals surface area contributed by atoms with Gasteiger partial charge in [0, 0.05) is 6.07 Å². The van der Waals surface area contributed by atoms with Crippen LogP contribution in [0.25, 0.3) is 0 Å². The van der Waals surface area contributed by atoms with Gasteiger partial charge in [-0.2, -0.15) is 0 Å². The first-order valence-corrected chi connectivity index (χ1v) is 7.17. The quantitative estimate of drug-likeness (QED) is 0.368. The summed E-state index contributed by atoms with van der Waals surface area (Å²) in [4.78, 5) is 22.1. The molecule has 0 saturated carbocycles. The standard InChI is InChI=1S/C15H14N2O3S/c18-11-13(10-12-6-2-1-3-7-12)16-21-15-9-5-4-8-14(15)17(19)20/h1-9,11,13,16H,10H2. The van der Waals surface area contributed by atoms with E-state index in [1.54, 1.807) is 18.2 Å². The highest BCUT2D eigenvalue weighted by Gasteiger charge is 2.15. The van der Waals surface area contributed by atoms with Crippen LogP contribution in [0.1, 0.15) is 5.56 Å². The smallest absolute Gasteiger partial charge is 0.284 e. The van der Waals surface area contributed by atoms with E-state index in [1.807, 2.05) is 30.3 Å². The molecule has 0 heterocycles. The third-order valence-electron chi connectivity index (χ3n) is 2.84. The van der Waals surface area contributed by atoms with Gasteiger partial charge in [-0.25, -0.2) is 4.72 Å². The number of hydrogen-bond acceptors (Lipinski definition) is 5. The van der Waals surface area contributed by atoms with E-state index in [1.165, 1.54) is 6.07 Å². The Hall–Kier alpha value is -2.18. The van der Waals surface area contributed by atoms with Crippen molar-refractivity contribution in [1.82, 2.24) is 4.72 Å². The second-order valence-electron chi connectivity index (χ2n) is 4.38. The highest BCUT2D eigenvalue weighted by atomic mass is 32.2. The van der Waals surface area contributed by atoms with Crippen LogP contribution < -0.4 is 4.72 Å². The first kappa shape index (κ1) is 15.2. The molecule has 0 saturated heterocycles. The summed E-state index contributed by atoms with van der Waals surface area (Å²) in [5.41, 5.74) is 1.06. The van der Waals surface area contributed by atoms with Crippen LogP contribution in [0.5, 0.6) is 0 Å². The van der Waals surface area contributed by atoms with Gasteiger partial charge in [0.1, 0.15) is 11.2 Å². The molecular formula is C15H14N2O3S. The van der Waals surface area contributed by atoms with E-state index in [2.05, 4.69) is 4.72 Å². The van der Waals surface area contributed by atoms with Gasteiger partial charge in [-0.15, -0.1) is 0 Å². The van der Waals surface area contributed by atoms with Gasteiger partial charge in [-0.05, 0) is 30.0 Å². The fourth-order valence-electron chi connectivity index (χ4n) is 1.82. The second kappa shape index (κ2) is 7.56. The molecule has 0 amide bonds. The fraction of sp³-hybridized carbons (Fsp3) is 0.133. The number of nitrogens with zero attached hydrogens (tertiary/aromatic N) is 1. The molecule has 6 heteroatoms. The molecule has 1 atom stereocenters. The molecular weight excluding hydrogens is 288 g/mol. The van der Waals surface area contributed by atoms with Crippen molar-refractivity contribution < 1.29 is 9.72 Å². The van der Waals surface area contributed by atoms with Gasteiger partial charge in [0.15, 0.2) is 0 Å². The molecule has 0 aliphatic heterocycles. The van der Waals surface area contributed by atoms with E-state index in [0.29, 0.717) is 11.3 Å². The van der Waals surface area contributed by atoms with Crippen LogP contribution in [-0.2, 0) is 11.2 Å². The van der Waals surface area contributed by atoms with Crippen LogP contribution in [0.15, 0.2) is 59.5 Å². The van der Waals surface area contributed by atoms with Gasteiger partial charge in [-0.1, -0.05) is 42.5 Å². The van der Waals surface area contributed by atoms with Gasteiger partial charge in [0.05, 0.1) is 11.0 Å². The summed E-state index contributed by atoms with van der Waals surface area (Å²) in [6.07, 6.45) is 1.35. The van der Waals surface area contributed by atoms with E-state index in [4.69, 9.17) is 0 Å². The molecule has 2 aromatic carbocycles. The third kappa shape index (κ3) is 4.40. The van der Waals surface area contributed by atoms with Gasteiger partial charge >= 0.3 is 0 Å². The molecule has 21 heavy (non-hydrogen) atoms. The molecule has 0 aromatic heterocycles. The minimum Gasteiger partial charge on any atom is -0.302 e. The van der Waals surface area contributed by atoms with E-state index >= 15 is 0 Å². The third-order valence-corrected chi connectivity index (χ3v) is 3.83. The normalized spacial score (nSPS) is 11.8.